The maximum absolute atomic E-state index is 12.3. The molecule has 2 aromatic rings. The van der Waals surface area contributed by atoms with E-state index in [-0.39, 0.29) is 11.3 Å². The van der Waals surface area contributed by atoms with Crippen LogP contribution in [-0.2, 0) is 21.2 Å². The fourth-order valence-corrected chi connectivity index (χ4v) is 3.28. The fourth-order valence-electron chi connectivity index (χ4n) is 2.05. The molecule has 0 aliphatic rings. The Morgan fingerprint density at radius 3 is 2.42 bits per heavy atom. The summed E-state index contributed by atoms with van der Waals surface area (Å²) in [5.41, 5.74) is 0.249. The summed E-state index contributed by atoms with van der Waals surface area (Å²) in [6.07, 6.45) is -0.0513. The predicted molar refractivity (Wildman–Crippen MR) is 85.0 cm³/mol. The van der Waals surface area contributed by atoms with Crippen molar-refractivity contribution in [2.75, 3.05) is 0 Å². The number of sulfonamides is 1. The van der Waals surface area contributed by atoms with Gasteiger partial charge in [0.1, 0.15) is 6.04 Å². The van der Waals surface area contributed by atoms with Gasteiger partial charge < -0.3 is 5.11 Å². The molecule has 0 aromatic heterocycles. The second-order valence-corrected chi connectivity index (χ2v) is 6.67. The Morgan fingerprint density at radius 2 is 1.83 bits per heavy atom. The highest BCUT2D eigenvalue weighted by atomic mass is 32.2. The van der Waals surface area contributed by atoms with Crippen molar-refractivity contribution in [3.8, 4) is 0 Å². The zero-order valence-corrected chi connectivity index (χ0v) is 13.1. The van der Waals surface area contributed by atoms with E-state index >= 15 is 0 Å². The van der Waals surface area contributed by atoms with Gasteiger partial charge in [0.05, 0.1) is 9.82 Å². The molecule has 8 nitrogen and oxygen atoms in total. The van der Waals surface area contributed by atoms with Crippen LogP contribution in [0.25, 0.3) is 0 Å². The molecule has 0 aliphatic carbocycles. The maximum atomic E-state index is 12.3. The molecule has 2 aromatic carbocycles. The summed E-state index contributed by atoms with van der Waals surface area (Å²) in [5, 5.41) is 20.0. The van der Waals surface area contributed by atoms with Crippen molar-refractivity contribution in [2.24, 2.45) is 0 Å². The number of hydrogen-bond donors (Lipinski definition) is 2. The molecule has 2 rings (SSSR count). The third-order valence-corrected chi connectivity index (χ3v) is 4.69. The Hall–Kier alpha value is -2.78. The van der Waals surface area contributed by atoms with E-state index in [2.05, 4.69) is 4.72 Å². The van der Waals surface area contributed by atoms with E-state index in [0.29, 0.717) is 5.56 Å². The van der Waals surface area contributed by atoms with Crippen LogP contribution in [0.4, 0.5) is 5.69 Å². The molecule has 0 spiro atoms. The summed E-state index contributed by atoms with van der Waals surface area (Å²) in [6, 6.07) is 11.6. The molecule has 1 atom stereocenters. The van der Waals surface area contributed by atoms with E-state index in [0.717, 1.165) is 18.2 Å². The Morgan fingerprint density at radius 1 is 1.17 bits per heavy atom. The molecule has 9 heteroatoms. The van der Waals surface area contributed by atoms with Gasteiger partial charge in [-0.25, -0.2) is 8.42 Å². The summed E-state index contributed by atoms with van der Waals surface area (Å²) in [5.74, 6) is -1.34. The number of hydrogen-bond acceptors (Lipinski definition) is 5. The molecule has 0 saturated carbocycles. The highest BCUT2D eigenvalue weighted by molar-refractivity contribution is 7.89. The maximum Gasteiger partial charge on any atom is 0.322 e. The van der Waals surface area contributed by atoms with Crippen molar-refractivity contribution in [1.29, 1.82) is 0 Å². The largest absolute Gasteiger partial charge is 0.480 e. The van der Waals surface area contributed by atoms with E-state index in [1.165, 1.54) is 6.07 Å². The van der Waals surface area contributed by atoms with Gasteiger partial charge in [0.15, 0.2) is 0 Å². The third kappa shape index (κ3) is 4.37. The van der Waals surface area contributed by atoms with Crippen molar-refractivity contribution >= 4 is 21.7 Å². The lowest BCUT2D eigenvalue weighted by Crippen LogP contribution is -2.42. The SMILES string of the molecule is O=C(O)[C@H](Cc1ccccc1)NS(=O)(=O)c1cccc([N+](=O)[O-])c1. The summed E-state index contributed by atoms with van der Waals surface area (Å²) < 4.78 is 26.7. The minimum Gasteiger partial charge on any atom is -0.480 e. The summed E-state index contributed by atoms with van der Waals surface area (Å²) in [6.45, 7) is 0. The Labute approximate surface area is 138 Å². The molecule has 126 valence electrons. The van der Waals surface area contributed by atoms with Crippen LogP contribution in [0.1, 0.15) is 5.56 Å². The lowest BCUT2D eigenvalue weighted by Gasteiger charge is -2.15. The first-order valence-electron chi connectivity index (χ1n) is 6.83. The molecule has 0 bridgehead atoms. The van der Waals surface area contributed by atoms with Gasteiger partial charge in [-0.1, -0.05) is 36.4 Å². The Kier molecular flexibility index (Phi) is 5.27. The molecule has 0 fully saturated rings. The monoisotopic (exact) mass is 350 g/mol. The Balaban J connectivity index is 2.26. The molecular formula is C15H14N2O6S. The zero-order valence-electron chi connectivity index (χ0n) is 12.3. The number of nitro benzene ring substituents is 1. The molecule has 0 amide bonds. The van der Waals surface area contributed by atoms with Crippen LogP contribution in [0.15, 0.2) is 59.5 Å². The van der Waals surface area contributed by atoms with Gasteiger partial charge in [-0.05, 0) is 18.1 Å². The van der Waals surface area contributed by atoms with Crippen molar-refractivity contribution in [1.82, 2.24) is 4.72 Å². The van der Waals surface area contributed by atoms with E-state index < -0.39 is 32.6 Å². The number of rotatable bonds is 7. The standard InChI is InChI=1S/C15H14N2O6S/c18-15(19)14(9-11-5-2-1-3-6-11)16-24(22,23)13-8-4-7-12(10-13)17(20)21/h1-8,10,14,16H,9H2,(H,18,19)/t14-/m0/s1. The minimum atomic E-state index is -4.22. The van der Waals surface area contributed by atoms with Crippen LogP contribution in [-0.4, -0.2) is 30.5 Å². The highest BCUT2D eigenvalue weighted by Gasteiger charge is 2.26. The van der Waals surface area contributed by atoms with E-state index in [1.807, 2.05) is 0 Å². The second-order valence-electron chi connectivity index (χ2n) is 4.96. The number of carboxylic acids is 1. The number of nitrogens with one attached hydrogen (secondary N) is 1. The molecule has 0 aliphatic heterocycles. The van der Waals surface area contributed by atoms with Crippen molar-refractivity contribution in [3.05, 3.63) is 70.3 Å². The number of carboxylic acid groups (broad SMARTS) is 1. The summed E-state index contributed by atoms with van der Waals surface area (Å²) >= 11 is 0. The third-order valence-electron chi connectivity index (χ3n) is 3.22. The van der Waals surface area contributed by atoms with Crippen LogP contribution in [0.3, 0.4) is 0 Å². The van der Waals surface area contributed by atoms with Crippen LogP contribution < -0.4 is 4.72 Å². The van der Waals surface area contributed by atoms with Gasteiger partial charge in [0, 0.05) is 12.1 Å². The smallest absolute Gasteiger partial charge is 0.322 e. The first-order valence-corrected chi connectivity index (χ1v) is 8.31. The molecule has 0 saturated heterocycles. The van der Waals surface area contributed by atoms with Gasteiger partial charge in [-0.3, -0.25) is 14.9 Å². The molecule has 0 heterocycles. The van der Waals surface area contributed by atoms with Crippen LogP contribution in [0, 0.1) is 10.1 Å². The number of aliphatic carboxylic acids is 1. The first-order chi connectivity index (χ1) is 11.3. The van der Waals surface area contributed by atoms with Gasteiger partial charge >= 0.3 is 5.97 Å². The minimum absolute atomic E-state index is 0.0513. The van der Waals surface area contributed by atoms with Gasteiger partial charge in [-0.15, -0.1) is 0 Å². The van der Waals surface area contributed by atoms with Gasteiger partial charge in [-0.2, -0.15) is 4.72 Å². The van der Waals surface area contributed by atoms with Crippen LogP contribution in [0.2, 0.25) is 0 Å². The molecule has 0 radical (unpaired) electrons. The average Bonchev–Trinajstić information content (AvgIpc) is 2.55. The van der Waals surface area contributed by atoms with Crippen molar-refractivity contribution in [3.63, 3.8) is 0 Å². The van der Waals surface area contributed by atoms with E-state index in [1.54, 1.807) is 30.3 Å². The summed E-state index contributed by atoms with van der Waals surface area (Å²) in [7, 11) is -4.22. The zero-order chi connectivity index (χ0) is 17.7. The molecular weight excluding hydrogens is 336 g/mol. The van der Waals surface area contributed by atoms with Crippen molar-refractivity contribution in [2.45, 2.75) is 17.4 Å². The first kappa shape index (κ1) is 17.6. The lowest BCUT2D eigenvalue weighted by molar-refractivity contribution is -0.385. The Bertz CT molecular complexity index is 851. The predicted octanol–water partition coefficient (Wildman–Crippen LogP) is 1.57. The topological polar surface area (TPSA) is 127 Å². The lowest BCUT2D eigenvalue weighted by atomic mass is 10.1. The number of benzene rings is 2. The molecule has 0 unspecified atom stereocenters. The number of nitrogens with zero attached hydrogens (tertiary/aromatic N) is 1. The summed E-state index contributed by atoms with van der Waals surface area (Å²) in [4.78, 5) is 21.0. The number of nitro groups is 1. The van der Waals surface area contributed by atoms with Crippen LogP contribution >= 0.6 is 0 Å². The van der Waals surface area contributed by atoms with E-state index in [9.17, 15) is 28.4 Å². The normalized spacial score (nSPS) is 12.5. The second kappa shape index (κ2) is 7.20. The number of non-ortho nitro benzene ring substituents is 1. The fraction of sp³-hybridized carbons (Fsp3) is 0.133. The van der Waals surface area contributed by atoms with Gasteiger partial charge in [0.2, 0.25) is 10.0 Å². The van der Waals surface area contributed by atoms with Crippen molar-refractivity contribution < 1.29 is 23.2 Å². The molecule has 2 N–H and O–H groups in total. The molecule has 24 heavy (non-hydrogen) atoms. The average molecular weight is 350 g/mol. The van der Waals surface area contributed by atoms with Gasteiger partial charge in [0.25, 0.3) is 5.69 Å². The van der Waals surface area contributed by atoms with Crippen LogP contribution in [0.5, 0.6) is 0 Å². The van der Waals surface area contributed by atoms with E-state index in [4.69, 9.17) is 0 Å². The quantitative estimate of drug-likeness (QED) is 0.576. The number of carbonyl (C=O) groups is 1. The highest BCUT2D eigenvalue weighted by Crippen LogP contribution is 2.18.